The summed E-state index contributed by atoms with van der Waals surface area (Å²) >= 11 is 0. The largest absolute Gasteiger partial charge is 0.477 e. The van der Waals surface area contributed by atoms with E-state index in [0.717, 1.165) is 47.2 Å². The lowest BCUT2D eigenvalue weighted by molar-refractivity contribution is -0.388. The van der Waals surface area contributed by atoms with E-state index in [9.17, 15) is 19.5 Å². The highest BCUT2D eigenvalue weighted by atomic mass is 16.6. The average Bonchev–Trinajstić information content (AvgIpc) is 3.48. The van der Waals surface area contributed by atoms with Crippen molar-refractivity contribution in [3.63, 3.8) is 0 Å². The number of carboxylic acids is 1. The van der Waals surface area contributed by atoms with E-state index in [1.54, 1.807) is 4.90 Å². The Labute approximate surface area is 201 Å². The highest BCUT2D eigenvalue weighted by molar-refractivity contribution is 6.09. The van der Waals surface area contributed by atoms with Crippen LogP contribution in [0.15, 0.2) is 36.4 Å². The van der Waals surface area contributed by atoms with Gasteiger partial charge in [0.15, 0.2) is 0 Å². The standard InChI is InChI=1S/C26H26N4O5/c1-13(30-12-26(35-25(30)34)9-14(10-26)11-27)17-3-2-4-18-21(23(24(32)33)29-22(17)18)15-5-6-19-16(7-15)8-20(31)28-19/h2-7,13-14,29H,8-12,27H2,1H3,(H,28,31)(H,32,33)/p+1/t13-,14?,26?/m0/s1. The number of para-hydroxylation sites is 1. The Morgan fingerprint density at radius 1 is 1.29 bits per heavy atom. The van der Waals surface area contributed by atoms with Gasteiger partial charge in [-0.1, -0.05) is 24.3 Å². The zero-order chi connectivity index (χ0) is 24.5. The van der Waals surface area contributed by atoms with E-state index in [2.05, 4.69) is 16.0 Å². The number of nitrogens with one attached hydrogen (secondary N) is 2. The number of hydrogen-bond donors (Lipinski definition) is 4. The summed E-state index contributed by atoms with van der Waals surface area (Å²) in [5.74, 6) is -0.657. The van der Waals surface area contributed by atoms with Crippen LogP contribution in [0.3, 0.4) is 0 Å². The number of fused-ring (bicyclic) bond motifs is 2. The van der Waals surface area contributed by atoms with Gasteiger partial charge in [0, 0.05) is 22.6 Å². The fourth-order valence-electron chi connectivity index (χ4n) is 5.96. The lowest BCUT2D eigenvalue weighted by Gasteiger charge is -2.41. The van der Waals surface area contributed by atoms with Crippen LogP contribution in [-0.4, -0.2) is 51.7 Å². The SMILES string of the molecule is C[C@@H](c1cccc2c(-c3ccc4c(c3)CC(=O)N4)c(C(=O)O)[nH]c12)N1CC2(CC(C[NH3+])C2)OC1=O. The van der Waals surface area contributed by atoms with Crippen LogP contribution in [-0.2, 0) is 16.0 Å². The number of nitrogens with zero attached hydrogens (tertiary/aromatic N) is 1. The summed E-state index contributed by atoms with van der Waals surface area (Å²) in [6, 6.07) is 10.9. The molecule has 2 aliphatic heterocycles. The van der Waals surface area contributed by atoms with Crippen molar-refractivity contribution < 1.29 is 30.0 Å². The fraction of sp³-hybridized carbons (Fsp3) is 0.346. The van der Waals surface area contributed by atoms with Crippen LogP contribution in [0, 0.1) is 5.92 Å². The van der Waals surface area contributed by atoms with Crippen LogP contribution in [0.25, 0.3) is 22.0 Å². The molecule has 1 spiro atoms. The molecule has 180 valence electrons. The minimum absolute atomic E-state index is 0.0751. The van der Waals surface area contributed by atoms with E-state index in [4.69, 9.17) is 4.74 Å². The van der Waals surface area contributed by atoms with Crippen molar-refractivity contribution >= 4 is 34.6 Å². The molecular weight excluding hydrogens is 448 g/mol. The average molecular weight is 476 g/mol. The van der Waals surface area contributed by atoms with Crippen molar-refractivity contribution in [2.24, 2.45) is 5.92 Å². The molecule has 1 saturated carbocycles. The quantitative estimate of drug-likeness (QED) is 0.449. The number of H-pyrrole nitrogens is 1. The number of hydrogen-bond acceptors (Lipinski definition) is 4. The van der Waals surface area contributed by atoms with Gasteiger partial charge < -0.3 is 25.9 Å². The van der Waals surface area contributed by atoms with Crippen molar-refractivity contribution in [2.45, 2.75) is 37.8 Å². The molecule has 0 radical (unpaired) electrons. The van der Waals surface area contributed by atoms with Crippen LogP contribution >= 0.6 is 0 Å². The van der Waals surface area contributed by atoms with Gasteiger partial charge in [-0.25, -0.2) is 9.59 Å². The van der Waals surface area contributed by atoms with Crippen LogP contribution in [0.2, 0.25) is 0 Å². The number of aromatic amines is 1. The second kappa shape index (κ2) is 7.58. The second-order valence-electron chi connectivity index (χ2n) is 9.96. The summed E-state index contributed by atoms with van der Waals surface area (Å²) in [5, 5.41) is 13.6. The molecule has 2 fully saturated rings. The molecule has 0 bridgehead atoms. The minimum Gasteiger partial charge on any atom is -0.477 e. The molecule has 3 aliphatic rings. The van der Waals surface area contributed by atoms with Gasteiger partial charge in [-0.05, 0) is 48.6 Å². The van der Waals surface area contributed by atoms with E-state index in [1.807, 2.05) is 43.3 Å². The molecule has 3 aromatic rings. The number of carbonyl (C=O) groups excluding carboxylic acids is 2. The number of quaternary nitrogens is 1. The van der Waals surface area contributed by atoms with Gasteiger partial charge in [-0.15, -0.1) is 0 Å². The number of carboxylic acid groups (broad SMARTS) is 1. The number of anilines is 1. The summed E-state index contributed by atoms with van der Waals surface area (Å²) < 4.78 is 5.79. The van der Waals surface area contributed by atoms with Crippen molar-refractivity contribution in [3.05, 3.63) is 53.2 Å². The topological polar surface area (TPSA) is 139 Å². The first-order valence-corrected chi connectivity index (χ1v) is 11.9. The number of amides is 2. The zero-order valence-corrected chi connectivity index (χ0v) is 19.4. The van der Waals surface area contributed by atoms with Gasteiger partial charge >= 0.3 is 12.1 Å². The van der Waals surface area contributed by atoms with E-state index in [-0.39, 0.29) is 30.2 Å². The summed E-state index contributed by atoms with van der Waals surface area (Å²) in [4.78, 5) is 41.7. The Morgan fingerprint density at radius 2 is 2.09 bits per heavy atom. The molecule has 1 saturated heterocycles. The second-order valence-corrected chi connectivity index (χ2v) is 9.96. The molecule has 1 aromatic heterocycles. The van der Waals surface area contributed by atoms with E-state index in [1.165, 1.54) is 0 Å². The number of aromatic carboxylic acids is 1. The normalized spacial score (nSPS) is 23.8. The molecule has 35 heavy (non-hydrogen) atoms. The molecule has 6 rings (SSSR count). The molecular formula is C26H27N4O5+. The van der Waals surface area contributed by atoms with Crippen molar-refractivity contribution in [3.8, 4) is 11.1 Å². The first-order chi connectivity index (χ1) is 16.8. The third-order valence-electron chi connectivity index (χ3n) is 7.74. The Bertz CT molecular complexity index is 1400. The summed E-state index contributed by atoms with van der Waals surface area (Å²) in [5.41, 5.74) is 8.02. The first kappa shape index (κ1) is 21.7. The predicted octanol–water partition coefficient (Wildman–Crippen LogP) is 2.93. The van der Waals surface area contributed by atoms with Crippen LogP contribution in [0.1, 0.15) is 47.4 Å². The van der Waals surface area contributed by atoms with Crippen LogP contribution in [0.4, 0.5) is 10.5 Å². The molecule has 6 N–H and O–H groups in total. The first-order valence-electron chi connectivity index (χ1n) is 11.9. The summed E-state index contributed by atoms with van der Waals surface area (Å²) in [6.07, 6.45) is 1.60. The highest BCUT2D eigenvalue weighted by Gasteiger charge is 2.55. The number of rotatable bonds is 5. The monoisotopic (exact) mass is 475 g/mol. The minimum atomic E-state index is -1.07. The van der Waals surface area contributed by atoms with Gasteiger partial charge in [0.25, 0.3) is 0 Å². The number of benzene rings is 2. The van der Waals surface area contributed by atoms with Crippen molar-refractivity contribution in [2.75, 3.05) is 18.4 Å². The third kappa shape index (κ3) is 3.30. The van der Waals surface area contributed by atoms with Gasteiger partial charge in [0.2, 0.25) is 5.91 Å². The van der Waals surface area contributed by atoms with Gasteiger partial charge in [0.05, 0.1) is 31.1 Å². The van der Waals surface area contributed by atoms with Gasteiger partial charge in [0.1, 0.15) is 11.3 Å². The van der Waals surface area contributed by atoms with Crippen molar-refractivity contribution in [1.82, 2.24) is 9.88 Å². The lowest BCUT2D eigenvalue weighted by Crippen LogP contribution is -2.60. The fourth-order valence-corrected chi connectivity index (χ4v) is 5.96. The maximum absolute atomic E-state index is 12.8. The zero-order valence-electron chi connectivity index (χ0n) is 19.4. The predicted molar refractivity (Wildman–Crippen MR) is 128 cm³/mol. The summed E-state index contributed by atoms with van der Waals surface area (Å²) in [6.45, 7) is 3.30. The Morgan fingerprint density at radius 3 is 2.83 bits per heavy atom. The van der Waals surface area contributed by atoms with Crippen LogP contribution < -0.4 is 11.1 Å². The molecule has 2 aromatic carbocycles. The van der Waals surface area contributed by atoms with E-state index < -0.39 is 11.6 Å². The smallest absolute Gasteiger partial charge is 0.411 e. The Balaban J connectivity index is 1.41. The molecule has 2 amide bonds. The van der Waals surface area contributed by atoms with Crippen molar-refractivity contribution in [1.29, 1.82) is 0 Å². The van der Waals surface area contributed by atoms with E-state index >= 15 is 0 Å². The Kier molecular flexibility index (Phi) is 4.69. The summed E-state index contributed by atoms with van der Waals surface area (Å²) in [7, 11) is 0. The van der Waals surface area contributed by atoms with Crippen LogP contribution in [0.5, 0.6) is 0 Å². The molecule has 1 atom stereocenters. The number of carbonyl (C=O) groups is 3. The maximum atomic E-state index is 12.8. The Hall–Kier alpha value is -3.85. The molecule has 3 heterocycles. The lowest BCUT2D eigenvalue weighted by atomic mass is 9.71. The number of aromatic nitrogens is 1. The third-order valence-corrected chi connectivity index (χ3v) is 7.74. The molecule has 9 heteroatoms. The molecule has 0 unspecified atom stereocenters. The van der Waals surface area contributed by atoms with Gasteiger partial charge in [-0.2, -0.15) is 0 Å². The molecule has 9 nitrogen and oxygen atoms in total. The van der Waals surface area contributed by atoms with Gasteiger partial charge in [-0.3, -0.25) is 9.69 Å². The number of ether oxygens (including phenoxy) is 1. The van der Waals surface area contributed by atoms with E-state index in [0.29, 0.717) is 23.5 Å². The molecule has 1 aliphatic carbocycles. The maximum Gasteiger partial charge on any atom is 0.411 e. The highest BCUT2D eigenvalue weighted by Crippen LogP contribution is 2.47.